The minimum Gasteiger partial charge on any atom is -0.325 e. The van der Waals surface area contributed by atoms with Gasteiger partial charge in [0.25, 0.3) is 0 Å². The third-order valence-corrected chi connectivity index (χ3v) is 6.24. The molecule has 0 radical (unpaired) electrons. The first-order valence-corrected chi connectivity index (χ1v) is 10.4. The number of rotatable bonds is 4. The molecular formula is C19H32N6O. The van der Waals surface area contributed by atoms with Crippen molar-refractivity contribution in [2.75, 3.05) is 39.3 Å². The molecule has 0 spiro atoms. The number of nitrogens with zero attached hydrogens (tertiary/aromatic N) is 6. The maximum absolute atomic E-state index is 12.6. The van der Waals surface area contributed by atoms with Gasteiger partial charge >= 0.3 is 6.03 Å². The zero-order chi connectivity index (χ0) is 17.9. The van der Waals surface area contributed by atoms with Gasteiger partial charge in [0, 0.05) is 38.6 Å². The lowest BCUT2D eigenvalue weighted by Crippen LogP contribution is -2.45. The van der Waals surface area contributed by atoms with Gasteiger partial charge in [0.1, 0.15) is 11.6 Å². The minimum atomic E-state index is 0.243. The second-order valence-electron chi connectivity index (χ2n) is 7.94. The molecule has 1 aromatic rings. The number of aromatic nitrogens is 3. The summed E-state index contributed by atoms with van der Waals surface area (Å²) in [6.45, 7) is 9.96. The van der Waals surface area contributed by atoms with Crippen molar-refractivity contribution in [3.63, 3.8) is 0 Å². The molecular weight excluding hydrogens is 328 g/mol. The molecule has 3 aliphatic rings. The zero-order valence-electron chi connectivity index (χ0n) is 16.1. The fourth-order valence-electron chi connectivity index (χ4n) is 4.69. The summed E-state index contributed by atoms with van der Waals surface area (Å²) >= 11 is 0. The van der Waals surface area contributed by atoms with Crippen molar-refractivity contribution in [3.8, 4) is 0 Å². The number of hydrogen-bond acceptors (Lipinski definition) is 4. The van der Waals surface area contributed by atoms with E-state index in [1.807, 2.05) is 9.80 Å². The second-order valence-corrected chi connectivity index (χ2v) is 7.94. The number of likely N-dealkylation sites (tertiary alicyclic amines) is 3. The maximum Gasteiger partial charge on any atom is 0.319 e. The Labute approximate surface area is 156 Å². The van der Waals surface area contributed by atoms with Crippen LogP contribution in [0.25, 0.3) is 0 Å². The molecule has 4 heterocycles. The average Bonchev–Trinajstić information content (AvgIpc) is 3.43. The first-order chi connectivity index (χ1) is 12.8. The summed E-state index contributed by atoms with van der Waals surface area (Å²) in [5.41, 5.74) is 0. The van der Waals surface area contributed by atoms with E-state index >= 15 is 0 Å². The van der Waals surface area contributed by atoms with Crippen LogP contribution in [0.5, 0.6) is 0 Å². The normalized spacial score (nSPS) is 22.5. The molecule has 0 aliphatic carbocycles. The van der Waals surface area contributed by atoms with Gasteiger partial charge in [-0.3, -0.25) is 4.90 Å². The molecule has 7 nitrogen and oxygen atoms in total. The summed E-state index contributed by atoms with van der Waals surface area (Å²) in [5, 5.41) is 9.10. The molecule has 0 aromatic carbocycles. The van der Waals surface area contributed by atoms with Gasteiger partial charge in [-0.2, -0.15) is 0 Å². The summed E-state index contributed by atoms with van der Waals surface area (Å²) in [6, 6.07) is 0.243. The van der Waals surface area contributed by atoms with Crippen molar-refractivity contribution in [1.82, 2.24) is 29.5 Å². The average molecular weight is 361 g/mol. The van der Waals surface area contributed by atoms with Crippen LogP contribution in [0.15, 0.2) is 0 Å². The van der Waals surface area contributed by atoms with Gasteiger partial charge < -0.3 is 14.4 Å². The Bertz CT molecular complexity index is 610. The van der Waals surface area contributed by atoms with Crippen LogP contribution in [0.1, 0.15) is 63.0 Å². The van der Waals surface area contributed by atoms with E-state index in [4.69, 9.17) is 0 Å². The Balaban J connectivity index is 1.37. The molecule has 7 heteroatoms. The Morgan fingerprint density at radius 3 is 2.19 bits per heavy atom. The van der Waals surface area contributed by atoms with E-state index in [1.165, 1.54) is 25.9 Å². The quantitative estimate of drug-likeness (QED) is 0.827. The highest BCUT2D eigenvalue weighted by molar-refractivity contribution is 5.74. The van der Waals surface area contributed by atoms with E-state index in [0.29, 0.717) is 5.92 Å². The Kier molecular flexibility index (Phi) is 5.43. The van der Waals surface area contributed by atoms with Crippen molar-refractivity contribution in [1.29, 1.82) is 0 Å². The predicted molar refractivity (Wildman–Crippen MR) is 100.0 cm³/mol. The van der Waals surface area contributed by atoms with Crippen molar-refractivity contribution in [2.24, 2.45) is 0 Å². The summed E-state index contributed by atoms with van der Waals surface area (Å²) in [4.78, 5) is 19.1. The van der Waals surface area contributed by atoms with Crippen LogP contribution in [0, 0.1) is 0 Å². The third kappa shape index (κ3) is 3.59. The van der Waals surface area contributed by atoms with Crippen LogP contribution >= 0.6 is 0 Å². The van der Waals surface area contributed by atoms with E-state index in [1.54, 1.807) is 0 Å². The van der Waals surface area contributed by atoms with Crippen LogP contribution in [0.4, 0.5) is 4.79 Å². The van der Waals surface area contributed by atoms with E-state index in [0.717, 1.165) is 76.6 Å². The lowest BCUT2D eigenvalue weighted by atomic mass is 9.96. The van der Waals surface area contributed by atoms with Gasteiger partial charge in [0.15, 0.2) is 0 Å². The molecule has 3 aliphatic heterocycles. The summed E-state index contributed by atoms with van der Waals surface area (Å²) in [5.74, 6) is 2.67. The SMILES string of the molecule is CCn1c(CN2CCCC2)nnc1C1CCN(C(=O)N2CCCC2)CC1. The highest BCUT2D eigenvalue weighted by Crippen LogP contribution is 2.28. The number of piperidine rings is 1. The molecule has 2 amide bonds. The van der Waals surface area contributed by atoms with Gasteiger partial charge in [-0.15, -0.1) is 10.2 Å². The smallest absolute Gasteiger partial charge is 0.319 e. The lowest BCUT2D eigenvalue weighted by molar-refractivity contribution is 0.147. The number of amides is 2. The topological polar surface area (TPSA) is 57.5 Å². The summed E-state index contributed by atoms with van der Waals surface area (Å²) in [6.07, 6.45) is 6.92. The van der Waals surface area contributed by atoms with E-state index in [-0.39, 0.29) is 6.03 Å². The van der Waals surface area contributed by atoms with Crippen LogP contribution in [-0.4, -0.2) is 74.8 Å². The zero-order valence-corrected chi connectivity index (χ0v) is 16.1. The van der Waals surface area contributed by atoms with Crippen LogP contribution < -0.4 is 0 Å². The van der Waals surface area contributed by atoms with Crippen LogP contribution in [0.3, 0.4) is 0 Å². The van der Waals surface area contributed by atoms with Crippen LogP contribution in [0.2, 0.25) is 0 Å². The highest BCUT2D eigenvalue weighted by Gasteiger charge is 2.31. The van der Waals surface area contributed by atoms with Gasteiger partial charge in [-0.05, 0) is 58.5 Å². The molecule has 0 bridgehead atoms. The maximum atomic E-state index is 12.6. The van der Waals surface area contributed by atoms with E-state index < -0.39 is 0 Å². The van der Waals surface area contributed by atoms with Crippen LogP contribution in [-0.2, 0) is 13.1 Å². The molecule has 0 unspecified atom stereocenters. The number of hydrogen-bond donors (Lipinski definition) is 0. The molecule has 0 atom stereocenters. The van der Waals surface area contributed by atoms with E-state index in [9.17, 15) is 4.79 Å². The van der Waals surface area contributed by atoms with Crippen molar-refractivity contribution < 1.29 is 4.79 Å². The van der Waals surface area contributed by atoms with Crippen molar-refractivity contribution in [3.05, 3.63) is 11.6 Å². The first-order valence-electron chi connectivity index (χ1n) is 10.4. The Morgan fingerprint density at radius 1 is 0.923 bits per heavy atom. The molecule has 3 fully saturated rings. The minimum absolute atomic E-state index is 0.243. The fourth-order valence-corrected chi connectivity index (χ4v) is 4.69. The largest absolute Gasteiger partial charge is 0.325 e. The van der Waals surface area contributed by atoms with Gasteiger partial charge in [0.05, 0.1) is 6.54 Å². The Hall–Kier alpha value is -1.63. The van der Waals surface area contributed by atoms with Crippen molar-refractivity contribution >= 4 is 6.03 Å². The lowest BCUT2D eigenvalue weighted by Gasteiger charge is -2.34. The predicted octanol–water partition coefficient (Wildman–Crippen LogP) is 2.29. The first kappa shape index (κ1) is 17.8. The fraction of sp³-hybridized carbons (Fsp3) is 0.842. The molecule has 26 heavy (non-hydrogen) atoms. The molecule has 1 aromatic heterocycles. The molecule has 4 rings (SSSR count). The molecule has 0 N–H and O–H groups in total. The number of urea groups is 1. The third-order valence-electron chi connectivity index (χ3n) is 6.24. The Morgan fingerprint density at radius 2 is 1.54 bits per heavy atom. The van der Waals surface area contributed by atoms with E-state index in [2.05, 4.69) is 26.6 Å². The monoisotopic (exact) mass is 360 g/mol. The second kappa shape index (κ2) is 7.94. The molecule has 3 saturated heterocycles. The van der Waals surface area contributed by atoms with Gasteiger partial charge in [-0.1, -0.05) is 0 Å². The molecule has 144 valence electrons. The summed E-state index contributed by atoms with van der Waals surface area (Å²) < 4.78 is 2.32. The molecule has 0 saturated carbocycles. The number of carbonyl (C=O) groups is 1. The highest BCUT2D eigenvalue weighted by atomic mass is 16.2. The standard InChI is InChI=1S/C19H32N6O/c1-2-25-17(15-22-9-3-4-10-22)20-21-18(25)16-7-13-24(14-8-16)19(26)23-11-5-6-12-23/h16H,2-15H2,1H3. The van der Waals surface area contributed by atoms with Gasteiger partial charge in [0.2, 0.25) is 0 Å². The van der Waals surface area contributed by atoms with Crippen molar-refractivity contribution in [2.45, 2.75) is 64.5 Å². The number of carbonyl (C=O) groups excluding carboxylic acids is 1. The summed E-state index contributed by atoms with van der Waals surface area (Å²) in [7, 11) is 0. The van der Waals surface area contributed by atoms with Gasteiger partial charge in [-0.25, -0.2) is 4.79 Å².